The number of aliphatic hydroxyl groups excluding tert-OH is 1. The minimum Gasteiger partial charge on any atom is -0.462 e. The summed E-state index contributed by atoms with van der Waals surface area (Å²) in [5.41, 5.74) is 0. The van der Waals surface area contributed by atoms with Crippen molar-refractivity contribution >= 4 is 39.5 Å². The molecule has 0 aromatic rings. The van der Waals surface area contributed by atoms with Crippen LogP contribution >= 0.6 is 15.6 Å². The average Bonchev–Trinajstić information content (AvgIpc) is 3.74. The van der Waals surface area contributed by atoms with Crippen molar-refractivity contribution in [2.45, 2.75) is 387 Å². The molecule has 534 valence electrons. The van der Waals surface area contributed by atoms with Crippen LogP contribution in [0.15, 0.2) is 0 Å². The van der Waals surface area contributed by atoms with E-state index in [1.54, 1.807) is 0 Å². The minimum absolute atomic E-state index is 0.106. The van der Waals surface area contributed by atoms with Gasteiger partial charge >= 0.3 is 39.5 Å². The molecule has 3 N–H and O–H groups in total. The molecule has 0 spiro atoms. The van der Waals surface area contributed by atoms with E-state index >= 15 is 0 Å². The number of rotatable bonds is 71. The van der Waals surface area contributed by atoms with Gasteiger partial charge in [-0.25, -0.2) is 9.13 Å². The zero-order valence-corrected chi connectivity index (χ0v) is 60.1. The summed E-state index contributed by atoms with van der Waals surface area (Å²) >= 11 is 0. The first-order valence-corrected chi connectivity index (χ1v) is 40.2. The van der Waals surface area contributed by atoms with Gasteiger partial charge in [-0.2, -0.15) is 0 Å². The van der Waals surface area contributed by atoms with Gasteiger partial charge in [0.1, 0.15) is 19.3 Å². The first-order valence-electron chi connectivity index (χ1n) is 37.2. The summed E-state index contributed by atoms with van der Waals surface area (Å²) in [7, 11) is -9.89. The lowest BCUT2D eigenvalue weighted by atomic mass is 9.99. The predicted molar refractivity (Wildman–Crippen MR) is 363 cm³/mol. The lowest BCUT2D eigenvalue weighted by Crippen LogP contribution is -2.30. The highest BCUT2D eigenvalue weighted by Gasteiger charge is 2.30. The van der Waals surface area contributed by atoms with Crippen molar-refractivity contribution in [1.29, 1.82) is 0 Å². The summed E-state index contributed by atoms with van der Waals surface area (Å²) in [5.74, 6) is -1.25. The number of esters is 4. The highest BCUT2D eigenvalue weighted by molar-refractivity contribution is 7.47. The van der Waals surface area contributed by atoms with Gasteiger partial charge in [0.15, 0.2) is 12.2 Å². The van der Waals surface area contributed by atoms with Crippen molar-refractivity contribution in [3.8, 4) is 0 Å². The first-order chi connectivity index (χ1) is 43.6. The second-order valence-corrected chi connectivity index (χ2v) is 28.8. The van der Waals surface area contributed by atoms with Gasteiger partial charge in [0, 0.05) is 25.7 Å². The SMILES string of the molecule is CCCCCCCCCCCCC(=O)OC[C@H](COP(=O)(O)OC[C@@H](O)COP(=O)(O)OC[C@@H](COC(=O)CCCCCCCCCCC)OC(=O)CCCCCCCCCCC)OC(=O)CCCCCCCCCCCCCCCCCCCCC(C)CC. The fourth-order valence-corrected chi connectivity index (χ4v) is 12.4. The van der Waals surface area contributed by atoms with Gasteiger partial charge in [0.05, 0.1) is 26.4 Å². The molecule has 0 saturated heterocycles. The van der Waals surface area contributed by atoms with E-state index in [2.05, 4.69) is 34.6 Å². The maximum Gasteiger partial charge on any atom is 0.472 e. The van der Waals surface area contributed by atoms with Gasteiger partial charge in [-0.15, -0.1) is 0 Å². The van der Waals surface area contributed by atoms with Crippen LogP contribution in [0.2, 0.25) is 0 Å². The Hall–Kier alpha value is -1.94. The van der Waals surface area contributed by atoms with Crippen molar-refractivity contribution in [3.05, 3.63) is 0 Å². The van der Waals surface area contributed by atoms with Gasteiger partial charge in [0.2, 0.25) is 0 Å². The number of hydrogen-bond acceptors (Lipinski definition) is 15. The number of ether oxygens (including phenoxy) is 4. The van der Waals surface area contributed by atoms with E-state index in [0.717, 1.165) is 95.8 Å². The minimum atomic E-state index is -4.95. The van der Waals surface area contributed by atoms with Gasteiger partial charge in [0.25, 0.3) is 0 Å². The van der Waals surface area contributed by atoms with Gasteiger partial charge in [-0.3, -0.25) is 37.3 Å². The van der Waals surface area contributed by atoms with Crippen LogP contribution in [-0.2, 0) is 65.4 Å². The summed E-state index contributed by atoms with van der Waals surface area (Å²) in [6.45, 7) is 7.27. The number of carbonyl (C=O) groups excluding carboxylic acids is 4. The summed E-state index contributed by atoms with van der Waals surface area (Å²) in [5, 5.41) is 10.6. The van der Waals surface area contributed by atoms with Crippen molar-refractivity contribution in [2.75, 3.05) is 39.6 Å². The molecule has 0 rings (SSSR count). The Morgan fingerprint density at radius 1 is 0.311 bits per heavy atom. The third kappa shape index (κ3) is 63.5. The Morgan fingerprint density at radius 3 is 0.789 bits per heavy atom. The Kier molecular flexibility index (Phi) is 63.0. The predicted octanol–water partition coefficient (Wildman–Crippen LogP) is 20.5. The van der Waals surface area contributed by atoms with Gasteiger partial charge in [-0.1, -0.05) is 317 Å². The number of hydrogen-bond donors (Lipinski definition) is 3. The number of phosphoric acid groups is 2. The topological polar surface area (TPSA) is 237 Å². The molecule has 90 heavy (non-hydrogen) atoms. The van der Waals surface area contributed by atoms with E-state index in [0.29, 0.717) is 25.7 Å². The molecule has 0 aromatic carbocycles. The van der Waals surface area contributed by atoms with Crippen molar-refractivity contribution in [1.82, 2.24) is 0 Å². The zero-order valence-electron chi connectivity index (χ0n) is 58.3. The molecule has 0 radical (unpaired) electrons. The summed E-state index contributed by atoms with van der Waals surface area (Å²) in [6, 6.07) is 0. The summed E-state index contributed by atoms with van der Waals surface area (Å²) < 4.78 is 68.1. The Balaban J connectivity index is 5.11. The number of phosphoric ester groups is 2. The molecular weight excluding hydrogens is 1190 g/mol. The average molecular weight is 1330 g/mol. The molecular formula is C71H138O17P2. The number of unbranched alkanes of at least 4 members (excludes halogenated alkanes) is 42. The molecule has 6 atom stereocenters. The molecule has 0 amide bonds. The fraction of sp³-hybridized carbons (Fsp3) is 0.944. The van der Waals surface area contributed by atoms with Crippen LogP contribution in [0.5, 0.6) is 0 Å². The summed E-state index contributed by atoms with van der Waals surface area (Å²) in [6.07, 6.45) is 51.4. The molecule has 3 unspecified atom stereocenters. The molecule has 0 aromatic heterocycles. The van der Waals surface area contributed by atoms with Crippen LogP contribution in [0.4, 0.5) is 0 Å². The van der Waals surface area contributed by atoms with Crippen LogP contribution in [-0.4, -0.2) is 96.7 Å². The number of carbonyl (C=O) groups is 4. The second-order valence-electron chi connectivity index (χ2n) is 25.9. The smallest absolute Gasteiger partial charge is 0.462 e. The zero-order chi connectivity index (χ0) is 66.3. The van der Waals surface area contributed by atoms with E-state index in [-0.39, 0.29) is 25.7 Å². The molecule has 17 nitrogen and oxygen atoms in total. The third-order valence-electron chi connectivity index (χ3n) is 16.9. The van der Waals surface area contributed by atoms with Gasteiger partial charge < -0.3 is 33.8 Å². The fourth-order valence-electron chi connectivity index (χ4n) is 10.8. The molecule has 0 fully saturated rings. The Labute approximate surface area is 549 Å². The second kappa shape index (κ2) is 64.4. The van der Waals surface area contributed by atoms with Crippen LogP contribution in [0.3, 0.4) is 0 Å². The molecule has 0 heterocycles. The molecule has 0 saturated carbocycles. The maximum absolute atomic E-state index is 13.0. The third-order valence-corrected chi connectivity index (χ3v) is 18.8. The monoisotopic (exact) mass is 1320 g/mol. The first kappa shape index (κ1) is 88.1. The highest BCUT2D eigenvalue weighted by Crippen LogP contribution is 2.45. The number of aliphatic hydroxyl groups is 1. The summed E-state index contributed by atoms with van der Waals surface area (Å²) in [4.78, 5) is 72.4. The van der Waals surface area contributed by atoms with Crippen LogP contribution < -0.4 is 0 Å². The van der Waals surface area contributed by atoms with Crippen LogP contribution in [0, 0.1) is 5.92 Å². The molecule has 0 aliphatic carbocycles. The van der Waals surface area contributed by atoms with E-state index in [9.17, 15) is 43.2 Å². The molecule has 19 heteroatoms. The standard InChI is InChI=1S/C71H138O17P2/c1-6-10-13-16-19-22-36-40-45-50-55-69(74)82-61-67(88-71(76)57-52-47-42-37-32-30-28-26-24-23-25-27-29-31-35-38-43-48-53-64(5)9-4)63-86-90(79,80)84-59-65(72)58-83-89(77,78)85-62-66(87-70(75)56-51-46-41-34-21-18-15-12-8-3)60-81-68(73)54-49-44-39-33-20-17-14-11-7-2/h64-67,72H,6-63H2,1-5H3,(H,77,78)(H,79,80)/t64?,65-,66+,67+/m0/s1. The Bertz CT molecular complexity index is 1740. The maximum atomic E-state index is 13.0. The molecule has 0 bridgehead atoms. The van der Waals surface area contributed by atoms with Gasteiger partial charge in [-0.05, 0) is 31.6 Å². The quantitative estimate of drug-likeness (QED) is 0.0222. The van der Waals surface area contributed by atoms with E-state index in [1.165, 1.54) is 193 Å². The van der Waals surface area contributed by atoms with Crippen molar-refractivity contribution in [2.24, 2.45) is 5.92 Å². The largest absolute Gasteiger partial charge is 0.472 e. The van der Waals surface area contributed by atoms with Crippen molar-refractivity contribution in [3.63, 3.8) is 0 Å². The molecule has 0 aliphatic rings. The van der Waals surface area contributed by atoms with Crippen molar-refractivity contribution < 1.29 is 80.2 Å². The highest BCUT2D eigenvalue weighted by atomic mass is 31.2. The Morgan fingerprint density at radius 2 is 0.533 bits per heavy atom. The van der Waals surface area contributed by atoms with Crippen LogP contribution in [0.1, 0.15) is 369 Å². The lowest BCUT2D eigenvalue weighted by Gasteiger charge is -2.21. The molecule has 0 aliphatic heterocycles. The van der Waals surface area contributed by atoms with Crippen LogP contribution in [0.25, 0.3) is 0 Å². The lowest BCUT2D eigenvalue weighted by molar-refractivity contribution is -0.161. The van der Waals surface area contributed by atoms with E-state index in [1.807, 2.05) is 0 Å². The van der Waals surface area contributed by atoms with E-state index < -0.39 is 97.5 Å². The van der Waals surface area contributed by atoms with E-state index in [4.69, 9.17) is 37.0 Å². The normalized spacial score (nSPS) is 14.4.